The monoisotopic (exact) mass is 224 g/mol. The van der Waals surface area contributed by atoms with Crippen molar-refractivity contribution in [3.63, 3.8) is 0 Å². The first-order valence-electron chi connectivity index (χ1n) is 5.27. The van der Waals surface area contributed by atoms with Crippen molar-refractivity contribution in [2.45, 2.75) is 13.8 Å². The summed E-state index contributed by atoms with van der Waals surface area (Å²) in [6, 6.07) is 9.55. The second kappa shape index (κ2) is 4.62. The van der Waals surface area contributed by atoms with Gasteiger partial charge in [-0.1, -0.05) is 0 Å². The van der Waals surface area contributed by atoms with Crippen molar-refractivity contribution >= 4 is 11.4 Å². The topological polar surface area (TPSA) is 61.6 Å². The summed E-state index contributed by atoms with van der Waals surface area (Å²) in [6.45, 7) is 3.87. The predicted molar refractivity (Wildman–Crippen MR) is 65.9 cm³/mol. The number of aromatic nitrogens is 2. The lowest BCUT2D eigenvalue weighted by atomic mass is 10.2. The number of aryl methyl sites for hydroxylation is 2. The average molecular weight is 224 g/mol. The molecule has 0 saturated heterocycles. The van der Waals surface area contributed by atoms with Crippen LogP contribution in [0.3, 0.4) is 0 Å². The molecule has 2 aromatic heterocycles. The van der Waals surface area contributed by atoms with Gasteiger partial charge in [-0.15, -0.1) is 0 Å². The van der Waals surface area contributed by atoms with Crippen molar-refractivity contribution in [1.29, 1.82) is 5.26 Å². The number of nitriles is 1. The fourth-order valence-corrected chi connectivity index (χ4v) is 1.56. The van der Waals surface area contributed by atoms with E-state index in [0.29, 0.717) is 11.4 Å². The minimum Gasteiger partial charge on any atom is -0.352 e. The first-order chi connectivity index (χ1) is 8.20. The fourth-order valence-electron chi connectivity index (χ4n) is 1.56. The maximum absolute atomic E-state index is 8.94. The highest BCUT2D eigenvalue weighted by atomic mass is 14.9. The normalized spacial score (nSPS) is 9.71. The first kappa shape index (κ1) is 11.1. The second-order valence-corrected chi connectivity index (χ2v) is 3.72. The van der Waals surface area contributed by atoms with E-state index in [2.05, 4.69) is 21.4 Å². The van der Waals surface area contributed by atoms with Gasteiger partial charge in [-0.05, 0) is 38.1 Å². The molecular weight excluding hydrogens is 212 g/mol. The van der Waals surface area contributed by atoms with Gasteiger partial charge in [0.25, 0.3) is 0 Å². The Hall–Kier alpha value is -2.41. The summed E-state index contributed by atoms with van der Waals surface area (Å²) in [5, 5.41) is 12.1. The number of nitrogens with one attached hydrogen (secondary N) is 1. The number of pyridine rings is 2. The van der Waals surface area contributed by atoms with Crippen LogP contribution in [-0.2, 0) is 0 Å². The highest BCUT2D eigenvalue weighted by molar-refractivity contribution is 5.65. The van der Waals surface area contributed by atoms with Gasteiger partial charge in [-0.25, -0.2) is 4.98 Å². The van der Waals surface area contributed by atoms with Crippen molar-refractivity contribution in [3.8, 4) is 6.07 Å². The molecule has 0 aromatic carbocycles. The number of nitrogens with zero attached hydrogens (tertiary/aromatic N) is 3. The predicted octanol–water partition coefficient (Wildman–Crippen LogP) is 2.71. The maximum atomic E-state index is 8.94. The van der Waals surface area contributed by atoms with E-state index >= 15 is 0 Å². The molecule has 0 spiro atoms. The van der Waals surface area contributed by atoms with Crippen molar-refractivity contribution in [1.82, 2.24) is 9.97 Å². The molecular formula is C13H12N4. The van der Waals surface area contributed by atoms with Crippen LogP contribution in [0.15, 0.2) is 30.5 Å². The Bertz CT molecular complexity index is 584. The van der Waals surface area contributed by atoms with Gasteiger partial charge in [-0.3, -0.25) is 4.98 Å². The Kier molecular flexibility index (Phi) is 3.01. The van der Waals surface area contributed by atoms with Gasteiger partial charge in [0.05, 0.1) is 17.1 Å². The smallest absolute Gasteiger partial charge is 0.163 e. The van der Waals surface area contributed by atoms with Gasteiger partial charge in [0.2, 0.25) is 0 Å². The molecule has 0 amide bonds. The molecule has 0 aliphatic rings. The van der Waals surface area contributed by atoms with E-state index in [1.807, 2.05) is 32.0 Å². The zero-order chi connectivity index (χ0) is 12.3. The minimum atomic E-state index is 0.382. The lowest BCUT2D eigenvalue weighted by Crippen LogP contribution is -1.99. The molecule has 0 aliphatic heterocycles. The molecule has 17 heavy (non-hydrogen) atoms. The highest BCUT2D eigenvalue weighted by Crippen LogP contribution is 2.20. The molecule has 4 nitrogen and oxygen atoms in total. The number of anilines is 2. The van der Waals surface area contributed by atoms with Crippen molar-refractivity contribution in [2.24, 2.45) is 0 Å². The molecule has 0 radical (unpaired) electrons. The van der Waals surface area contributed by atoms with Crippen LogP contribution < -0.4 is 5.32 Å². The summed E-state index contributed by atoms with van der Waals surface area (Å²) in [5.41, 5.74) is 3.84. The first-order valence-corrected chi connectivity index (χ1v) is 5.27. The van der Waals surface area contributed by atoms with E-state index in [-0.39, 0.29) is 0 Å². The molecule has 2 heterocycles. The number of rotatable bonds is 2. The van der Waals surface area contributed by atoms with Gasteiger partial charge in [0.15, 0.2) is 5.69 Å². The van der Waals surface area contributed by atoms with Crippen LogP contribution in [0, 0.1) is 25.2 Å². The lowest BCUT2D eigenvalue weighted by Gasteiger charge is -2.09. The van der Waals surface area contributed by atoms with E-state index < -0.39 is 0 Å². The number of hydrogen-bond acceptors (Lipinski definition) is 4. The molecule has 0 saturated carbocycles. The zero-order valence-electron chi connectivity index (χ0n) is 9.73. The summed E-state index contributed by atoms with van der Waals surface area (Å²) >= 11 is 0. The molecule has 0 aliphatic carbocycles. The molecule has 0 atom stereocenters. The van der Waals surface area contributed by atoms with E-state index in [1.54, 1.807) is 12.3 Å². The highest BCUT2D eigenvalue weighted by Gasteiger charge is 2.05. The summed E-state index contributed by atoms with van der Waals surface area (Å²) in [4.78, 5) is 8.36. The number of hydrogen-bond donors (Lipinski definition) is 1. The molecule has 2 aromatic rings. The van der Waals surface area contributed by atoms with Crippen molar-refractivity contribution in [2.75, 3.05) is 5.32 Å². The largest absolute Gasteiger partial charge is 0.352 e. The van der Waals surface area contributed by atoms with E-state index in [0.717, 1.165) is 17.1 Å². The third kappa shape index (κ3) is 2.40. The van der Waals surface area contributed by atoms with Gasteiger partial charge in [0, 0.05) is 11.9 Å². The Morgan fingerprint density at radius 3 is 2.71 bits per heavy atom. The molecule has 4 heteroatoms. The second-order valence-electron chi connectivity index (χ2n) is 3.72. The van der Waals surface area contributed by atoms with Crippen LogP contribution in [0.5, 0.6) is 0 Å². The molecule has 0 bridgehead atoms. The molecule has 0 unspecified atom stereocenters. The average Bonchev–Trinajstić information content (AvgIpc) is 2.33. The third-order valence-corrected chi connectivity index (χ3v) is 2.41. The van der Waals surface area contributed by atoms with Crippen LogP contribution >= 0.6 is 0 Å². The van der Waals surface area contributed by atoms with Gasteiger partial charge >= 0.3 is 0 Å². The SMILES string of the molecule is Cc1ccc(Nc2cccnc2C#N)c(C)n1. The Balaban J connectivity index is 2.35. The standard InChI is InChI=1S/C13H12N4/c1-9-5-6-11(10(2)16-9)17-12-4-3-7-15-13(12)8-14/h3-7,17H,1-2H3. The minimum absolute atomic E-state index is 0.382. The van der Waals surface area contributed by atoms with Crippen LogP contribution in [0.1, 0.15) is 17.1 Å². The van der Waals surface area contributed by atoms with Crippen LogP contribution in [0.25, 0.3) is 0 Å². The molecule has 0 fully saturated rings. The van der Waals surface area contributed by atoms with Crippen LogP contribution in [-0.4, -0.2) is 9.97 Å². The maximum Gasteiger partial charge on any atom is 0.163 e. The Morgan fingerprint density at radius 1 is 1.18 bits per heavy atom. The third-order valence-electron chi connectivity index (χ3n) is 2.41. The molecule has 1 N–H and O–H groups in total. The van der Waals surface area contributed by atoms with Crippen LogP contribution in [0.4, 0.5) is 11.4 Å². The zero-order valence-corrected chi connectivity index (χ0v) is 9.73. The quantitative estimate of drug-likeness (QED) is 0.851. The lowest BCUT2D eigenvalue weighted by molar-refractivity contribution is 1.12. The summed E-state index contributed by atoms with van der Waals surface area (Å²) in [6.07, 6.45) is 1.60. The van der Waals surface area contributed by atoms with E-state index in [1.165, 1.54) is 0 Å². The summed E-state index contributed by atoms with van der Waals surface area (Å²) in [7, 11) is 0. The molecule has 2 rings (SSSR count). The van der Waals surface area contributed by atoms with Crippen LogP contribution in [0.2, 0.25) is 0 Å². The van der Waals surface area contributed by atoms with E-state index in [9.17, 15) is 0 Å². The Morgan fingerprint density at radius 2 is 2.00 bits per heavy atom. The van der Waals surface area contributed by atoms with Crippen molar-refractivity contribution < 1.29 is 0 Å². The van der Waals surface area contributed by atoms with Crippen molar-refractivity contribution in [3.05, 3.63) is 47.5 Å². The molecule has 84 valence electrons. The van der Waals surface area contributed by atoms with Gasteiger partial charge in [0.1, 0.15) is 6.07 Å². The fraction of sp³-hybridized carbons (Fsp3) is 0.154. The van der Waals surface area contributed by atoms with Gasteiger partial charge < -0.3 is 5.32 Å². The Labute approximate surface area is 100.0 Å². The summed E-state index contributed by atoms with van der Waals surface area (Å²) in [5.74, 6) is 0. The van der Waals surface area contributed by atoms with Gasteiger partial charge in [-0.2, -0.15) is 5.26 Å². The summed E-state index contributed by atoms with van der Waals surface area (Å²) < 4.78 is 0. The van der Waals surface area contributed by atoms with E-state index in [4.69, 9.17) is 5.26 Å².